The van der Waals surface area contributed by atoms with Crippen molar-refractivity contribution >= 4 is 55.7 Å². The second kappa shape index (κ2) is 17.4. The van der Waals surface area contributed by atoms with E-state index in [2.05, 4.69) is 10.0 Å². The molecular weight excluding hydrogens is 704 g/mol. The number of carbonyl (C=O) groups is 2. The molecule has 0 aliphatic carbocycles. The highest BCUT2D eigenvalue weighted by molar-refractivity contribution is 7.92. The van der Waals surface area contributed by atoms with Crippen molar-refractivity contribution in [2.45, 2.75) is 63.2 Å². The van der Waals surface area contributed by atoms with Gasteiger partial charge in [-0.1, -0.05) is 54.9 Å². The number of rotatable bonds is 8. The van der Waals surface area contributed by atoms with E-state index in [1.165, 1.54) is 30.3 Å². The molecule has 0 spiro atoms. The number of nitrogens with zero attached hydrogens (tertiary/aromatic N) is 2. The van der Waals surface area contributed by atoms with Crippen LogP contribution in [0.25, 0.3) is 10.8 Å². The summed E-state index contributed by atoms with van der Waals surface area (Å²) in [6.07, 6.45) is 1.55. The Morgan fingerprint density at radius 3 is 2.52 bits per heavy atom. The summed E-state index contributed by atoms with van der Waals surface area (Å²) >= 11 is 5.96. The van der Waals surface area contributed by atoms with Crippen LogP contribution in [-0.2, 0) is 14.8 Å². The van der Waals surface area contributed by atoms with Crippen molar-refractivity contribution in [3.63, 3.8) is 0 Å². The Labute approximate surface area is 310 Å². The summed E-state index contributed by atoms with van der Waals surface area (Å²) < 4.78 is 41.7. The summed E-state index contributed by atoms with van der Waals surface area (Å²) in [7, 11) is -2.29. The van der Waals surface area contributed by atoms with Crippen LogP contribution in [0.1, 0.15) is 50.4 Å². The molecule has 1 aliphatic rings. The van der Waals surface area contributed by atoms with Crippen LogP contribution in [0.2, 0.25) is 5.02 Å². The number of carbonyl (C=O) groups excluding carboxylic acids is 2. The number of likely N-dealkylation sites (N-methyl/N-ethyl adjacent to an activating group) is 1. The van der Waals surface area contributed by atoms with Gasteiger partial charge in [0.05, 0.1) is 41.0 Å². The Morgan fingerprint density at radius 1 is 1.04 bits per heavy atom. The number of halogens is 1. The number of fused-ring (bicyclic) bond motifs is 2. The summed E-state index contributed by atoms with van der Waals surface area (Å²) in [4.78, 5) is 31.1. The molecule has 5 rings (SSSR count). The molecule has 1 aliphatic heterocycles. The third-order valence-electron chi connectivity index (χ3n) is 9.26. The highest BCUT2D eigenvalue weighted by Gasteiger charge is 2.31. The molecule has 278 valence electrons. The number of hydrogen-bond donors (Lipinski definition) is 3. The Bertz CT molecular complexity index is 1950. The van der Waals surface area contributed by atoms with Crippen molar-refractivity contribution in [3.05, 3.63) is 95.5 Å². The lowest BCUT2D eigenvalue weighted by Crippen LogP contribution is -2.48. The van der Waals surface area contributed by atoms with Gasteiger partial charge in [-0.05, 0) is 87.0 Å². The van der Waals surface area contributed by atoms with Crippen LogP contribution in [-0.4, -0.2) is 86.9 Å². The van der Waals surface area contributed by atoms with Gasteiger partial charge in [0.2, 0.25) is 0 Å². The smallest absolute Gasteiger partial charge is 0.321 e. The molecule has 4 atom stereocenters. The van der Waals surface area contributed by atoms with Gasteiger partial charge in [0.25, 0.3) is 15.9 Å². The monoisotopic (exact) mass is 750 g/mol. The van der Waals surface area contributed by atoms with E-state index in [0.29, 0.717) is 29.5 Å². The Morgan fingerprint density at radius 2 is 1.77 bits per heavy atom. The van der Waals surface area contributed by atoms with Gasteiger partial charge in [-0.2, -0.15) is 0 Å². The van der Waals surface area contributed by atoms with Gasteiger partial charge in [-0.25, -0.2) is 13.2 Å². The zero-order chi connectivity index (χ0) is 37.4. The zero-order valence-electron chi connectivity index (χ0n) is 29.9. The van der Waals surface area contributed by atoms with Gasteiger partial charge in [0.1, 0.15) is 5.75 Å². The number of ether oxygens (including phenoxy) is 2. The number of aliphatic hydroxyl groups excluding tert-OH is 1. The van der Waals surface area contributed by atoms with Crippen molar-refractivity contribution < 1.29 is 32.6 Å². The van der Waals surface area contributed by atoms with Gasteiger partial charge in [-0.3, -0.25) is 9.52 Å². The fourth-order valence-electron chi connectivity index (χ4n) is 6.17. The molecule has 0 saturated carbocycles. The van der Waals surface area contributed by atoms with E-state index in [0.717, 1.165) is 23.6 Å². The van der Waals surface area contributed by atoms with Crippen LogP contribution in [0.15, 0.2) is 89.8 Å². The topological polar surface area (TPSA) is 138 Å². The van der Waals surface area contributed by atoms with E-state index in [1.807, 2.05) is 56.3 Å². The largest absolute Gasteiger partial charge is 0.490 e. The number of hydrogen-bond acceptors (Lipinski definition) is 7. The molecule has 52 heavy (non-hydrogen) atoms. The van der Waals surface area contributed by atoms with E-state index in [-0.39, 0.29) is 53.9 Å². The number of benzene rings is 4. The summed E-state index contributed by atoms with van der Waals surface area (Å²) in [6, 6.07) is 23.1. The predicted octanol–water partition coefficient (Wildman–Crippen LogP) is 7.25. The predicted molar refractivity (Wildman–Crippen MR) is 205 cm³/mol. The number of nitrogens with one attached hydrogen (secondary N) is 2. The van der Waals surface area contributed by atoms with Crippen LogP contribution in [0.4, 0.5) is 16.2 Å². The summed E-state index contributed by atoms with van der Waals surface area (Å²) in [5.74, 6) is -0.408. The number of aliphatic hydroxyl groups is 1. The second-order valence-corrected chi connectivity index (χ2v) is 15.5. The van der Waals surface area contributed by atoms with Crippen molar-refractivity contribution in [2.75, 3.05) is 43.4 Å². The Balaban J connectivity index is 1.40. The number of urea groups is 1. The Kier molecular flexibility index (Phi) is 13.0. The standard InChI is InChI=1S/C39H47ClN4O7S/c1-26-23-44(27(2)25-45)38(46)34-22-31(42-52(48,49)32-18-15-30(40)16-19-32)17-20-36(34)51-28(3)10-7-8-21-50-37(26)24-43(4)39(47)41-35-14-9-12-29-11-5-6-13-33(29)35/h5-6,9,11-20,22,26-28,37,42,45H,7-8,10,21,23-25H2,1-4H3,(H,41,47)/t26-,27+,28+,37+/m0/s1. The SMILES string of the molecule is C[C@@H]1CCCCO[C@H](CN(C)C(=O)Nc2cccc3ccccc23)[C@@H](C)CN([C@H](C)CO)C(=O)c2cc(NS(=O)(=O)c3ccc(Cl)cc3)ccc2O1. The molecule has 0 unspecified atom stereocenters. The number of anilines is 2. The summed E-state index contributed by atoms with van der Waals surface area (Å²) in [5, 5.41) is 15.7. The average Bonchev–Trinajstić information content (AvgIpc) is 3.12. The Hall–Kier alpha value is -4.36. The third kappa shape index (κ3) is 9.74. The first-order valence-corrected chi connectivity index (χ1v) is 19.3. The molecule has 0 saturated heterocycles. The molecule has 0 bridgehead atoms. The van der Waals surface area contributed by atoms with Gasteiger partial charge < -0.3 is 29.7 Å². The molecular formula is C39H47ClN4O7S. The van der Waals surface area contributed by atoms with Crippen LogP contribution >= 0.6 is 11.6 Å². The molecule has 0 radical (unpaired) electrons. The first-order chi connectivity index (χ1) is 24.9. The highest BCUT2D eigenvalue weighted by atomic mass is 35.5. The third-order valence-corrected chi connectivity index (χ3v) is 10.9. The minimum atomic E-state index is -4.00. The second-order valence-electron chi connectivity index (χ2n) is 13.4. The molecule has 1 heterocycles. The fourth-order valence-corrected chi connectivity index (χ4v) is 7.35. The molecule has 3 N–H and O–H groups in total. The minimum Gasteiger partial charge on any atom is -0.490 e. The van der Waals surface area contributed by atoms with Crippen LogP contribution in [0.3, 0.4) is 0 Å². The molecule has 4 aromatic carbocycles. The van der Waals surface area contributed by atoms with E-state index in [1.54, 1.807) is 35.9 Å². The maximum atomic E-state index is 14.5. The quantitative estimate of drug-likeness (QED) is 0.173. The lowest BCUT2D eigenvalue weighted by molar-refractivity contribution is -0.0115. The number of amides is 3. The van der Waals surface area contributed by atoms with Crippen molar-refractivity contribution in [3.8, 4) is 5.75 Å². The van der Waals surface area contributed by atoms with Crippen LogP contribution in [0.5, 0.6) is 5.75 Å². The molecule has 3 amide bonds. The molecule has 0 fully saturated rings. The first-order valence-electron chi connectivity index (χ1n) is 17.5. The van der Waals surface area contributed by atoms with Gasteiger partial charge in [0, 0.05) is 48.8 Å². The van der Waals surface area contributed by atoms with Gasteiger partial charge >= 0.3 is 6.03 Å². The van der Waals surface area contributed by atoms with E-state index in [4.69, 9.17) is 21.1 Å². The van der Waals surface area contributed by atoms with E-state index >= 15 is 0 Å². The molecule has 11 nitrogen and oxygen atoms in total. The lowest BCUT2D eigenvalue weighted by atomic mass is 10.0. The van der Waals surface area contributed by atoms with Crippen molar-refractivity contribution in [2.24, 2.45) is 5.92 Å². The van der Waals surface area contributed by atoms with Crippen molar-refractivity contribution in [1.82, 2.24) is 9.80 Å². The normalized spacial score (nSPS) is 19.5. The van der Waals surface area contributed by atoms with E-state index < -0.39 is 28.1 Å². The maximum Gasteiger partial charge on any atom is 0.321 e. The average molecular weight is 751 g/mol. The minimum absolute atomic E-state index is 0.0133. The lowest BCUT2D eigenvalue weighted by Gasteiger charge is -2.35. The van der Waals surface area contributed by atoms with Gasteiger partial charge in [-0.15, -0.1) is 0 Å². The maximum absolute atomic E-state index is 14.5. The first kappa shape index (κ1) is 38.9. The van der Waals surface area contributed by atoms with Crippen LogP contribution in [0, 0.1) is 5.92 Å². The van der Waals surface area contributed by atoms with Gasteiger partial charge in [0.15, 0.2) is 0 Å². The zero-order valence-corrected chi connectivity index (χ0v) is 31.5. The summed E-state index contributed by atoms with van der Waals surface area (Å²) in [5.41, 5.74) is 1.02. The molecule has 4 aromatic rings. The fraction of sp³-hybridized carbons (Fsp3) is 0.385. The summed E-state index contributed by atoms with van der Waals surface area (Å²) in [6.45, 7) is 6.18. The molecule has 0 aromatic heterocycles. The number of sulfonamides is 1. The van der Waals surface area contributed by atoms with Crippen LogP contribution < -0.4 is 14.8 Å². The molecule has 13 heteroatoms. The highest BCUT2D eigenvalue weighted by Crippen LogP contribution is 2.30. The van der Waals surface area contributed by atoms with E-state index in [9.17, 15) is 23.1 Å². The van der Waals surface area contributed by atoms with Crippen molar-refractivity contribution in [1.29, 1.82) is 0 Å².